The molecule has 0 unspecified atom stereocenters. The molecule has 400 valence electrons. The number of hydrogen-bond donors (Lipinski definition) is 0. The molecule has 6 heteroatoms. The van der Waals surface area contributed by atoms with Gasteiger partial charge in [0.15, 0.2) is 5.82 Å². The molecule has 0 atom stereocenters. The van der Waals surface area contributed by atoms with Crippen LogP contribution in [0.25, 0.3) is 166 Å². The molecule has 0 radical (unpaired) electrons. The SMILES string of the molecule is c1ccc(-c2nc(-c3cccc(-n4c5ccccc5c5ccc(-c6ccc7c(c6)c6ccccc6n7-c6ccccc6)cc54)c3)nc3ccc(-n4c5ccccc5c5cc(-c6ccc7c(c6)c6ccccc6n7-c6ccccc6)ccc54)cc23)cc1. The van der Waals surface area contributed by atoms with E-state index in [1.54, 1.807) is 0 Å². The zero-order chi connectivity index (χ0) is 56.4. The van der Waals surface area contributed by atoms with Gasteiger partial charge in [0.2, 0.25) is 0 Å². The van der Waals surface area contributed by atoms with Crippen LogP contribution in [0.2, 0.25) is 0 Å². The fraction of sp³-hybridized carbons (Fsp3) is 0. The lowest BCUT2D eigenvalue weighted by Crippen LogP contribution is -1.99. The fourth-order valence-electron chi connectivity index (χ4n) is 13.9. The van der Waals surface area contributed by atoms with E-state index in [1.165, 1.54) is 81.8 Å². The van der Waals surface area contributed by atoms with Gasteiger partial charge in [-0.05, 0) is 144 Å². The van der Waals surface area contributed by atoms with Gasteiger partial charge in [0.25, 0.3) is 0 Å². The second-order valence-corrected chi connectivity index (χ2v) is 22.5. The van der Waals surface area contributed by atoms with Gasteiger partial charge in [0, 0.05) is 82.4 Å². The van der Waals surface area contributed by atoms with E-state index >= 15 is 0 Å². The molecule has 0 aliphatic heterocycles. The summed E-state index contributed by atoms with van der Waals surface area (Å²) >= 11 is 0. The van der Waals surface area contributed by atoms with Gasteiger partial charge in [-0.1, -0.05) is 182 Å². The highest BCUT2D eigenvalue weighted by molar-refractivity contribution is 6.15. The Bertz CT molecular complexity index is 5770. The van der Waals surface area contributed by atoms with Crippen LogP contribution in [0.15, 0.2) is 303 Å². The average molecular weight is 1100 g/mol. The van der Waals surface area contributed by atoms with Crippen molar-refractivity contribution in [3.05, 3.63) is 303 Å². The minimum atomic E-state index is 0.669. The predicted molar refractivity (Wildman–Crippen MR) is 359 cm³/mol. The minimum Gasteiger partial charge on any atom is -0.309 e. The van der Waals surface area contributed by atoms with Crippen molar-refractivity contribution in [3.63, 3.8) is 0 Å². The Morgan fingerprint density at radius 1 is 0.186 bits per heavy atom. The van der Waals surface area contributed by atoms with E-state index in [-0.39, 0.29) is 0 Å². The molecule has 0 bridgehead atoms. The Morgan fingerprint density at radius 3 is 1.08 bits per heavy atom. The van der Waals surface area contributed by atoms with Gasteiger partial charge in [0.05, 0.1) is 55.3 Å². The second kappa shape index (κ2) is 19.0. The van der Waals surface area contributed by atoms with Gasteiger partial charge >= 0.3 is 0 Å². The van der Waals surface area contributed by atoms with Gasteiger partial charge in [-0.25, -0.2) is 9.97 Å². The van der Waals surface area contributed by atoms with E-state index in [9.17, 15) is 0 Å². The lowest BCUT2D eigenvalue weighted by Gasteiger charge is -2.14. The van der Waals surface area contributed by atoms with Crippen molar-refractivity contribution in [2.45, 2.75) is 0 Å². The lowest BCUT2D eigenvalue weighted by atomic mass is 10.0. The van der Waals surface area contributed by atoms with Crippen molar-refractivity contribution < 1.29 is 0 Å². The average Bonchev–Trinajstić information content (AvgIpc) is 2.52. The Balaban J connectivity index is 0.745. The zero-order valence-corrected chi connectivity index (χ0v) is 46.6. The fourth-order valence-corrected chi connectivity index (χ4v) is 13.9. The van der Waals surface area contributed by atoms with Crippen molar-refractivity contribution in [2.75, 3.05) is 0 Å². The Hall–Kier alpha value is -11.6. The van der Waals surface area contributed by atoms with E-state index in [2.05, 4.69) is 322 Å². The summed E-state index contributed by atoms with van der Waals surface area (Å²) in [6.07, 6.45) is 0. The number of benzene rings is 13. The summed E-state index contributed by atoms with van der Waals surface area (Å²) in [5, 5.41) is 10.7. The number of nitrogens with zero attached hydrogens (tertiary/aromatic N) is 6. The topological polar surface area (TPSA) is 45.5 Å². The molecule has 6 nitrogen and oxygen atoms in total. The summed E-state index contributed by atoms with van der Waals surface area (Å²) in [4.78, 5) is 10.9. The van der Waals surface area contributed by atoms with Crippen molar-refractivity contribution in [1.82, 2.24) is 28.2 Å². The highest BCUT2D eigenvalue weighted by Gasteiger charge is 2.21. The number of para-hydroxylation sites is 6. The molecule has 0 amide bonds. The molecule has 0 spiro atoms. The number of rotatable bonds is 8. The maximum absolute atomic E-state index is 5.53. The van der Waals surface area contributed by atoms with E-state index in [0.717, 1.165) is 78.1 Å². The Kier molecular flexibility index (Phi) is 10.6. The third kappa shape index (κ3) is 7.40. The third-order valence-corrected chi connectivity index (χ3v) is 17.7. The van der Waals surface area contributed by atoms with Crippen LogP contribution in [0.5, 0.6) is 0 Å². The zero-order valence-electron chi connectivity index (χ0n) is 46.6. The predicted octanol–water partition coefficient (Wildman–Crippen LogP) is 20.7. The maximum atomic E-state index is 5.53. The molecule has 13 aromatic carbocycles. The van der Waals surface area contributed by atoms with Gasteiger partial charge in [-0.3, -0.25) is 0 Å². The Morgan fingerprint density at radius 2 is 0.558 bits per heavy atom. The van der Waals surface area contributed by atoms with Crippen LogP contribution in [0.1, 0.15) is 0 Å². The smallest absolute Gasteiger partial charge is 0.160 e. The van der Waals surface area contributed by atoms with Gasteiger partial charge < -0.3 is 18.3 Å². The van der Waals surface area contributed by atoms with Crippen LogP contribution in [0, 0.1) is 0 Å². The second-order valence-electron chi connectivity index (χ2n) is 22.5. The molecule has 0 fully saturated rings. The van der Waals surface area contributed by atoms with Crippen LogP contribution in [-0.4, -0.2) is 28.2 Å². The van der Waals surface area contributed by atoms with Gasteiger partial charge in [-0.2, -0.15) is 0 Å². The molecule has 5 aromatic heterocycles. The molecular weight excluding hydrogens is 1040 g/mol. The molecule has 5 heterocycles. The van der Waals surface area contributed by atoms with Crippen LogP contribution in [0.4, 0.5) is 0 Å². The highest BCUT2D eigenvalue weighted by atomic mass is 15.0. The molecular formula is C80H50N6. The molecule has 0 N–H and O–H groups in total. The molecule has 18 rings (SSSR count). The van der Waals surface area contributed by atoms with Crippen molar-refractivity contribution in [3.8, 4) is 67.6 Å². The summed E-state index contributed by atoms with van der Waals surface area (Å²) < 4.78 is 9.55. The minimum absolute atomic E-state index is 0.669. The standard InChI is InChI=1S/C80H50N6/c1-4-19-51(20-5-1)79-69-50-60(85-74-34-17-13-30-64(74)68-47-53(37-44-77(68)85)52-36-42-75-66(46-52)62-28-11-15-32-72(62)83(75)57-22-6-2-7-23-57)39-41-70(69)81-80(82-79)56-21-18-26-59(45-56)86-71-31-14-10-27-61(71)65-40-35-55(49-78(65)86)54-38-43-76-67(48-54)63-29-12-16-33-73(63)84(76)58-24-8-3-9-25-58/h1-50H. The first-order chi connectivity index (χ1) is 42.6. The molecule has 0 saturated heterocycles. The van der Waals surface area contributed by atoms with Crippen LogP contribution < -0.4 is 0 Å². The lowest BCUT2D eigenvalue weighted by molar-refractivity contribution is 1.16. The van der Waals surface area contributed by atoms with Crippen LogP contribution in [0.3, 0.4) is 0 Å². The molecule has 0 aliphatic carbocycles. The van der Waals surface area contributed by atoms with E-state index < -0.39 is 0 Å². The normalized spacial score (nSPS) is 12.0. The Labute approximate surface area is 494 Å². The van der Waals surface area contributed by atoms with Crippen molar-refractivity contribution in [1.29, 1.82) is 0 Å². The maximum Gasteiger partial charge on any atom is 0.160 e. The summed E-state index contributed by atoms with van der Waals surface area (Å²) in [5.41, 5.74) is 22.1. The van der Waals surface area contributed by atoms with Crippen molar-refractivity contribution >= 4 is 98.1 Å². The van der Waals surface area contributed by atoms with Gasteiger partial charge in [-0.15, -0.1) is 0 Å². The molecule has 86 heavy (non-hydrogen) atoms. The summed E-state index contributed by atoms with van der Waals surface area (Å²) in [5.74, 6) is 0.669. The number of fused-ring (bicyclic) bond motifs is 13. The van der Waals surface area contributed by atoms with Crippen LogP contribution >= 0.6 is 0 Å². The summed E-state index contributed by atoms with van der Waals surface area (Å²) in [6, 6.07) is 110. The van der Waals surface area contributed by atoms with Crippen molar-refractivity contribution in [2.24, 2.45) is 0 Å². The van der Waals surface area contributed by atoms with Crippen LogP contribution in [-0.2, 0) is 0 Å². The number of hydrogen-bond acceptors (Lipinski definition) is 2. The monoisotopic (exact) mass is 1090 g/mol. The largest absolute Gasteiger partial charge is 0.309 e. The first-order valence-corrected chi connectivity index (χ1v) is 29.4. The third-order valence-electron chi connectivity index (χ3n) is 17.7. The van der Waals surface area contributed by atoms with E-state index in [4.69, 9.17) is 9.97 Å². The quantitative estimate of drug-likeness (QED) is 0.152. The van der Waals surface area contributed by atoms with Gasteiger partial charge in [0.1, 0.15) is 0 Å². The molecule has 0 aliphatic rings. The van der Waals surface area contributed by atoms with E-state index in [1.807, 2.05) is 0 Å². The first kappa shape index (κ1) is 48.0. The summed E-state index contributed by atoms with van der Waals surface area (Å²) in [6.45, 7) is 0. The number of aromatic nitrogens is 6. The molecule has 18 aromatic rings. The molecule has 0 saturated carbocycles. The summed E-state index contributed by atoms with van der Waals surface area (Å²) in [7, 11) is 0. The highest BCUT2D eigenvalue weighted by Crippen LogP contribution is 2.42. The van der Waals surface area contributed by atoms with E-state index in [0.29, 0.717) is 5.82 Å². The first-order valence-electron chi connectivity index (χ1n) is 29.4.